The highest BCUT2D eigenvalue weighted by atomic mass is 35.5. The Morgan fingerprint density at radius 1 is 0.966 bits per heavy atom. The minimum absolute atomic E-state index is 0.134. The second-order valence-corrected chi connectivity index (χ2v) is 7.83. The lowest BCUT2D eigenvalue weighted by Crippen LogP contribution is -2.33. The maximum atomic E-state index is 13.5. The molecular formula is C23H22ClN3O2. The van der Waals surface area contributed by atoms with E-state index in [4.69, 9.17) is 11.6 Å². The zero-order valence-corrected chi connectivity index (χ0v) is 17.2. The number of amides is 1. The molecule has 2 heterocycles. The summed E-state index contributed by atoms with van der Waals surface area (Å²) in [6.45, 7) is 5.19. The van der Waals surface area contributed by atoms with Crippen LogP contribution in [0, 0.1) is 13.8 Å². The van der Waals surface area contributed by atoms with Crippen LogP contribution in [-0.2, 0) is 0 Å². The summed E-state index contributed by atoms with van der Waals surface area (Å²) in [7, 11) is 0. The number of benzene rings is 2. The van der Waals surface area contributed by atoms with E-state index >= 15 is 0 Å². The van der Waals surface area contributed by atoms with Gasteiger partial charge in [0, 0.05) is 18.1 Å². The molecule has 4 rings (SSSR count). The Kier molecular flexibility index (Phi) is 5.24. The summed E-state index contributed by atoms with van der Waals surface area (Å²) in [5.41, 5.74) is 3.38. The largest absolute Gasteiger partial charge is 0.339 e. The van der Waals surface area contributed by atoms with Gasteiger partial charge in [0.25, 0.3) is 11.5 Å². The molecule has 6 heteroatoms. The number of hydrogen-bond acceptors (Lipinski definition) is 3. The number of aromatic nitrogens is 2. The molecule has 1 aliphatic heterocycles. The lowest BCUT2D eigenvalue weighted by Gasteiger charge is -2.20. The third kappa shape index (κ3) is 3.70. The van der Waals surface area contributed by atoms with Gasteiger partial charge >= 0.3 is 0 Å². The molecule has 148 valence electrons. The standard InChI is InChI=1S/C23H22ClN3O2/c1-15-5-11-19(12-6-15)27-23(29)21(17-7-9-18(24)10-8-17)20(16(2)25-27)22(28)26-13-3-4-14-26/h5-12H,3-4,13-14H2,1-2H3. The van der Waals surface area contributed by atoms with E-state index in [1.807, 2.05) is 31.2 Å². The molecule has 1 saturated heterocycles. The fraction of sp³-hybridized carbons (Fsp3) is 0.261. The third-order valence-electron chi connectivity index (χ3n) is 5.29. The molecule has 0 saturated carbocycles. The molecule has 1 amide bonds. The molecule has 0 bridgehead atoms. The van der Waals surface area contributed by atoms with Gasteiger partial charge < -0.3 is 4.90 Å². The van der Waals surface area contributed by atoms with Gasteiger partial charge in [-0.25, -0.2) is 0 Å². The monoisotopic (exact) mass is 407 g/mol. The van der Waals surface area contributed by atoms with Crippen molar-refractivity contribution in [1.29, 1.82) is 0 Å². The van der Waals surface area contributed by atoms with Crippen LogP contribution in [0.15, 0.2) is 53.3 Å². The average Bonchev–Trinajstić information content (AvgIpc) is 3.25. The number of carbonyl (C=O) groups excluding carboxylic acids is 1. The van der Waals surface area contributed by atoms with Gasteiger partial charge in [-0.2, -0.15) is 9.78 Å². The molecule has 3 aromatic rings. The molecule has 0 aliphatic carbocycles. The van der Waals surface area contributed by atoms with E-state index in [2.05, 4.69) is 5.10 Å². The van der Waals surface area contributed by atoms with Crippen LogP contribution in [0.4, 0.5) is 0 Å². The van der Waals surface area contributed by atoms with Crippen LogP contribution >= 0.6 is 11.6 Å². The summed E-state index contributed by atoms with van der Waals surface area (Å²) in [4.78, 5) is 28.6. The minimum Gasteiger partial charge on any atom is -0.339 e. The molecule has 5 nitrogen and oxygen atoms in total. The summed E-state index contributed by atoms with van der Waals surface area (Å²) in [5, 5.41) is 5.07. The molecule has 1 aromatic heterocycles. The summed E-state index contributed by atoms with van der Waals surface area (Å²) >= 11 is 6.05. The van der Waals surface area contributed by atoms with E-state index in [0.717, 1.165) is 18.4 Å². The van der Waals surface area contributed by atoms with Crippen LogP contribution in [0.1, 0.15) is 34.5 Å². The van der Waals surface area contributed by atoms with Crippen molar-refractivity contribution in [3.63, 3.8) is 0 Å². The molecule has 0 atom stereocenters. The van der Waals surface area contributed by atoms with Gasteiger partial charge in [0.2, 0.25) is 0 Å². The Morgan fingerprint density at radius 3 is 2.21 bits per heavy atom. The van der Waals surface area contributed by atoms with Crippen molar-refractivity contribution in [3.05, 3.63) is 80.7 Å². The minimum atomic E-state index is -0.315. The molecular weight excluding hydrogens is 386 g/mol. The third-order valence-corrected chi connectivity index (χ3v) is 5.54. The van der Waals surface area contributed by atoms with Crippen LogP contribution in [0.2, 0.25) is 5.02 Å². The number of halogens is 1. The van der Waals surface area contributed by atoms with Crippen molar-refractivity contribution in [2.24, 2.45) is 0 Å². The predicted octanol–water partition coefficient (Wildman–Crippen LogP) is 4.41. The average molecular weight is 408 g/mol. The van der Waals surface area contributed by atoms with Crippen molar-refractivity contribution in [1.82, 2.24) is 14.7 Å². The van der Waals surface area contributed by atoms with Crippen LogP contribution in [0.3, 0.4) is 0 Å². The molecule has 0 spiro atoms. The molecule has 29 heavy (non-hydrogen) atoms. The maximum Gasteiger partial charge on any atom is 0.280 e. The van der Waals surface area contributed by atoms with E-state index < -0.39 is 0 Å². The van der Waals surface area contributed by atoms with Crippen LogP contribution in [0.5, 0.6) is 0 Å². The highest BCUT2D eigenvalue weighted by Crippen LogP contribution is 2.26. The van der Waals surface area contributed by atoms with Crippen LogP contribution < -0.4 is 5.56 Å². The van der Waals surface area contributed by atoms with Crippen LogP contribution in [0.25, 0.3) is 16.8 Å². The normalized spacial score (nSPS) is 13.7. The number of rotatable bonds is 3. The number of hydrogen-bond donors (Lipinski definition) is 0. The smallest absolute Gasteiger partial charge is 0.280 e. The highest BCUT2D eigenvalue weighted by Gasteiger charge is 2.28. The lowest BCUT2D eigenvalue weighted by molar-refractivity contribution is 0.0792. The first-order valence-corrected chi connectivity index (χ1v) is 10.1. The zero-order chi connectivity index (χ0) is 20.5. The first-order valence-electron chi connectivity index (χ1n) is 9.72. The molecule has 0 radical (unpaired) electrons. The molecule has 1 aliphatic rings. The zero-order valence-electron chi connectivity index (χ0n) is 16.5. The van der Waals surface area contributed by atoms with Gasteiger partial charge in [0.05, 0.1) is 22.5 Å². The van der Waals surface area contributed by atoms with Gasteiger partial charge in [0.1, 0.15) is 0 Å². The van der Waals surface area contributed by atoms with Gasteiger partial charge in [0.15, 0.2) is 0 Å². The summed E-state index contributed by atoms with van der Waals surface area (Å²) < 4.78 is 1.37. The molecule has 1 fully saturated rings. The van der Waals surface area contributed by atoms with Gasteiger partial charge in [-0.3, -0.25) is 9.59 Å². The highest BCUT2D eigenvalue weighted by molar-refractivity contribution is 6.30. The Morgan fingerprint density at radius 2 is 1.59 bits per heavy atom. The molecule has 0 N–H and O–H groups in total. The Bertz CT molecular complexity index is 1110. The summed E-state index contributed by atoms with van der Waals surface area (Å²) in [6.07, 6.45) is 1.96. The Balaban J connectivity index is 1.96. The van der Waals surface area contributed by atoms with Crippen molar-refractivity contribution >= 4 is 17.5 Å². The quantitative estimate of drug-likeness (QED) is 0.646. The Labute approximate surface area is 174 Å². The van der Waals surface area contributed by atoms with Crippen molar-refractivity contribution in [2.45, 2.75) is 26.7 Å². The van der Waals surface area contributed by atoms with Gasteiger partial charge in [-0.15, -0.1) is 0 Å². The van der Waals surface area contributed by atoms with Crippen molar-refractivity contribution in [3.8, 4) is 16.8 Å². The summed E-state index contributed by atoms with van der Waals surface area (Å²) in [6, 6.07) is 14.6. The topological polar surface area (TPSA) is 55.2 Å². The van der Waals surface area contributed by atoms with E-state index in [1.54, 1.807) is 36.1 Å². The van der Waals surface area contributed by atoms with E-state index in [1.165, 1.54) is 4.68 Å². The fourth-order valence-electron chi connectivity index (χ4n) is 3.72. The fourth-order valence-corrected chi connectivity index (χ4v) is 3.85. The maximum absolute atomic E-state index is 13.5. The van der Waals surface area contributed by atoms with Crippen LogP contribution in [-0.4, -0.2) is 33.7 Å². The molecule has 2 aromatic carbocycles. The van der Waals surface area contributed by atoms with Crippen molar-refractivity contribution < 1.29 is 4.79 Å². The van der Waals surface area contributed by atoms with E-state index in [9.17, 15) is 9.59 Å². The van der Waals surface area contributed by atoms with E-state index in [0.29, 0.717) is 46.2 Å². The number of nitrogens with zero attached hydrogens (tertiary/aromatic N) is 3. The number of carbonyl (C=O) groups is 1. The van der Waals surface area contributed by atoms with Crippen molar-refractivity contribution in [2.75, 3.05) is 13.1 Å². The first kappa shape index (κ1) is 19.4. The lowest BCUT2D eigenvalue weighted by atomic mass is 9.99. The second kappa shape index (κ2) is 7.84. The predicted molar refractivity (Wildman–Crippen MR) is 115 cm³/mol. The molecule has 0 unspecified atom stereocenters. The number of likely N-dealkylation sites (tertiary alicyclic amines) is 1. The number of aryl methyl sites for hydroxylation is 2. The SMILES string of the molecule is Cc1ccc(-n2nc(C)c(C(=O)N3CCCC3)c(-c3ccc(Cl)cc3)c2=O)cc1. The second-order valence-electron chi connectivity index (χ2n) is 7.39. The van der Waals surface area contributed by atoms with Gasteiger partial charge in [-0.1, -0.05) is 41.4 Å². The van der Waals surface area contributed by atoms with E-state index in [-0.39, 0.29) is 11.5 Å². The first-order chi connectivity index (χ1) is 14.0. The Hall–Kier alpha value is -2.92. The summed E-state index contributed by atoms with van der Waals surface area (Å²) in [5.74, 6) is -0.134. The van der Waals surface area contributed by atoms with Gasteiger partial charge in [-0.05, 0) is 56.5 Å².